The Bertz CT molecular complexity index is 654. The number of carbonyl (C=O) groups excluding carboxylic acids is 2. The predicted molar refractivity (Wildman–Crippen MR) is 84.7 cm³/mol. The molecule has 2 amide bonds. The zero-order chi connectivity index (χ0) is 17.7. The third kappa shape index (κ3) is 5.40. The van der Waals surface area contributed by atoms with Gasteiger partial charge in [0, 0.05) is 17.7 Å². The maximum atomic E-state index is 12.2. The Balaban J connectivity index is 2.00. The molecule has 2 rings (SSSR count). The van der Waals surface area contributed by atoms with Crippen LogP contribution in [0.5, 0.6) is 0 Å². The first-order valence-corrected chi connectivity index (χ1v) is 7.67. The number of hydrogen-bond donors (Lipinski definition) is 2. The summed E-state index contributed by atoms with van der Waals surface area (Å²) in [5.41, 5.74) is 1.24. The Hall–Kier alpha value is -2.31. The van der Waals surface area contributed by atoms with Gasteiger partial charge < -0.3 is 10.6 Å². The van der Waals surface area contributed by atoms with E-state index >= 15 is 0 Å². The fourth-order valence-corrected chi connectivity index (χ4v) is 2.49. The lowest BCUT2D eigenvalue weighted by Crippen LogP contribution is -2.33. The van der Waals surface area contributed by atoms with Crippen LogP contribution in [-0.4, -0.2) is 24.5 Å². The highest BCUT2D eigenvalue weighted by Gasteiger charge is 2.28. The molecule has 1 unspecified atom stereocenters. The number of rotatable bonds is 5. The predicted octanol–water partition coefficient (Wildman–Crippen LogP) is 3.58. The molecule has 24 heavy (non-hydrogen) atoms. The number of halogens is 3. The Labute approximate surface area is 138 Å². The van der Waals surface area contributed by atoms with Gasteiger partial charge in [0.1, 0.15) is 6.54 Å². The summed E-state index contributed by atoms with van der Waals surface area (Å²) in [5.74, 6) is -0.798. The molecule has 1 aliphatic rings. The minimum absolute atomic E-state index is 0.0703. The van der Waals surface area contributed by atoms with Gasteiger partial charge in [-0.1, -0.05) is 18.2 Å². The number of allylic oxidation sites excluding steroid dienone is 2. The molecular weight excluding hydrogens is 321 g/mol. The van der Waals surface area contributed by atoms with Crippen LogP contribution in [0.3, 0.4) is 0 Å². The van der Waals surface area contributed by atoms with Gasteiger partial charge in [-0.15, -0.1) is 0 Å². The molecule has 0 aromatic heterocycles. The molecule has 2 N–H and O–H groups in total. The van der Waals surface area contributed by atoms with Crippen molar-refractivity contribution in [2.45, 2.75) is 32.4 Å². The average Bonchev–Trinajstić information content (AvgIpc) is 2.99. The summed E-state index contributed by atoms with van der Waals surface area (Å²) >= 11 is 0. The quantitative estimate of drug-likeness (QED) is 0.805. The van der Waals surface area contributed by atoms with Crippen molar-refractivity contribution in [1.82, 2.24) is 5.32 Å². The number of benzene rings is 1. The van der Waals surface area contributed by atoms with Crippen molar-refractivity contribution in [2.24, 2.45) is 5.92 Å². The van der Waals surface area contributed by atoms with E-state index in [0.717, 1.165) is 18.4 Å². The lowest BCUT2D eigenvalue weighted by atomic mass is 10.0. The largest absolute Gasteiger partial charge is 0.405 e. The minimum atomic E-state index is -4.47. The van der Waals surface area contributed by atoms with Gasteiger partial charge in [-0.05, 0) is 43.4 Å². The van der Waals surface area contributed by atoms with E-state index in [1.807, 2.05) is 17.5 Å². The molecule has 0 bridgehead atoms. The molecule has 7 heteroatoms. The third-order valence-corrected chi connectivity index (χ3v) is 3.78. The van der Waals surface area contributed by atoms with Crippen molar-refractivity contribution in [1.29, 1.82) is 0 Å². The van der Waals surface area contributed by atoms with Crippen molar-refractivity contribution in [3.63, 3.8) is 0 Å². The summed E-state index contributed by atoms with van der Waals surface area (Å²) < 4.78 is 36.5. The number of amides is 2. The fourth-order valence-electron chi connectivity index (χ4n) is 2.49. The monoisotopic (exact) mass is 340 g/mol. The van der Waals surface area contributed by atoms with Crippen molar-refractivity contribution in [2.75, 3.05) is 11.9 Å². The summed E-state index contributed by atoms with van der Waals surface area (Å²) in [6.45, 7) is 0.359. The number of hydrogen-bond acceptors (Lipinski definition) is 2. The van der Waals surface area contributed by atoms with Crippen LogP contribution >= 0.6 is 0 Å². The zero-order valence-corrected chi connectivity index (χ0v) is 13.2. The van der Waals surface area contributed by atoms with E-state index in [1.165, 1.54) is 12.1 Å². The molecule has 0 heterocycles. The summed E-state index contributed by atoms with van der Waals surface area (Å²) in [4.78, 5) is 23.9. The first kappa shape index (κ1) is 18.0. The molecule has 0 radical (unpaired) electrons. The topological polar surface area (TPSA) is 58.2 Å². The van der Waals surface area contributed by atoms with Crippen LogP contribution in [0.4, 0.5) is 18.9 Å². The average molecular weight is 340 g/mol. The third-order valence-electron chi connectivity index (χ3n) is 3.78. The van der Waals surface area contributed by atoms with E-state index in [0.29, 0.717) is 12.1 Å². The van der Waals surface area contributed by atoms with Crippen molar-refractivity contribution in [3.05, 3.63) is 41.5 Å². The lowest BCUT2D eigenvalue weighted by Gasteiger charge is -2.13. The normalized spacial score (nSPS) is 16.9. The van der Waals surface area contributed by atoms with Crippen molar-refractivity contribution < 1.29 is 22.8 Å². The van der Waals surface area contributed by atoms with Crippen LogP contribution < -0.4 is 10.6 Å². The van der Waals surface area contributed by atoms with Gasteiger partial charge >= 0.3 is 6.18 Å². The van der Waals surface area contributed by atoms with E-state index in [2.05, 4.69) is 5.32 Å². The number of nitrogens with one attached hydrogen (secondary N) is 2. The molecule has 130 valence electrons. The number of carbonyl (C=O) groups is 2. The molecule has 0 aliphatic heterocycles. The second kappa shape index (κ2) is 7.51. The van der Waals surface area contributed by atoms with E-state index in [1.54, 1.807) is 13.0 Å². The van der Waals surface area contributed by atoms with Gasteiger partial charge in [-0.3, -0.25) is 9.59 Å². The van der Waals surface area contributed by atoms with Crippen LogP contribution in [0.15, 0.2) is 30.4 Å². The second-order valence-electron chi connectivity index (χ2n) is 5.85. The highest BCUT2D eigenvalue weighted by atomic mass is 19.4. The van der Waals surface area contributed by atoms with Crippen molar-refractivity contribution in [3.8, 4) is 0 Å². The highest BCUT2D eigenvalue weighted by Crippen LogP contribution is 2.22. The molecule has 0 saturated heterocycles. The molecule has 1 aromatic rings. The zero-order valence-electron chi connectivity index (χ0n) is 13.2. The standard InChI is InChI=1S/C17H19F3N2O2/c1-11-6-7-13(16(24)21-10-17(18,19)20)9-14(11)22-15(23)8-12-4-2-3-5-12/h2,4,6-7,9,12H,3,5,8,10H2,1H3,(H,21,24)(H,22,23). The van der Waals surface area contributed by atoms with E-state index in [-0.39, 0.29) is 17.4 Å². The Morgan fingerprint density at radius 3 is 2.67 bits per heavy atom. The van der Waals surface area contributed by atoms with Crippen LogP contribution in [0.1, 0.15) is 35.2 Å². The summed E-state index contributed by atoms with van der Waals surface area (Å²) in [6, 6.07) is 4.41. The Morgan fingerprint density at radius 2 is 2.04 bits per heavy atom. The maximum Gasteiger partial charge on any atom is 0.405 e. The van der Waals surface area contributed by atoms with E-state index < -0.39 is 18.6 Å². The van der Waals surface area contributed by atoms with Gasteiger partial charge in [-0.2, -0.15) is 13.2 Å². The Morgan fingerprint density at radius 1 is 1.29 bits per heavy atom. The minimum Gasteiger partial charge on any atom is -0.343 e. The first-order chi connectivity index (χ1) is 11.2. The molecular formula is C17H19F3N2O2. The molecule has 0 fully saturated rings. The maximum absolute atomic E-state index is 12.2. The fraction of sp³-hybridized carbons (Fsp3) is 0.412. The number of anilines is 1. The highest BCUT2D eigenvalue weighted by molar-refractivity contribution is 5.97. The van der Waals surface area contributed by atoms with Crippen molar-refractivity contribution >= 4 is 17.5 Å². The van der Waals surface area contributed by atoms with Gasteiger partial charge in [0.05, 0.1) is 0 Å². The first-order valence-electron chi connectivity index (χ1n) is 7.67. The van der Waals surface area contributed by atoms with E-state index in [4.69, 9.17) is 0 Å². The molecule has 1 aromatic carbocycles. The molecule has 4 nitrogen and oxygen atoms in total. The Kier molecular flexibility index (Phi) is 5.64. The smallest absolute Gasteiger partial charge is 0.343 e. The van der Waals surface area contributed by atoms with Gasteiger partial charge in [0.15, 0.2) is 0 Å². The molecule has 1 atom stereocenters. The summed E-state index contributed by atoms with van der Waals surface area (Å²) in [7, 11) is 0. The number of alkyl halides is 3. The van der Waals surface area contributed by atoms with Crippen LogP contribution in [0.25, 0.3) is 0 Å². The molecule has 1 aliphatic carbocycles. The van der Waals surface area contributed by atoms with Crippen LogP contribution in [0, 0.1) is 12.8 Å². The molecule has 0 spiro atoms. The summed E-state index contributed by atoms with van der Waals surface area (Å²) in [5, 5.41) is 4.54. The van der Waals surface area contributed by atoms with Gasteiger partial charge in [-0.25, -0.2) is 0 Å². The molecule has 0 saturated carbocycles. The SMILES string of the molecule is Cc1ccc(C(=O)NCC(F)(F)F)cc1NC(=O)CC1C=CCC1. The second-order valence-corrected chi connectivity index (χ2v) is 5.85. The van der Waals surface area contributed by atoms with Crippen LogP contribution in [-0.2, 0) is 4.79 Å². The summed E-state index contributed by atoms with van der Waals surface area (Å²) in [6.07, 6.45) is 1.83. The van der Waals surface area contributed by atoms with E-state index in [9.17, 15) is 22.8 Å². The lowest BCUT2D eigenvalue weighted by molar-refractivity contribution is -0.123. The van der Waals surface area contributed by atoms with Crippen LogP contribution in [0.2, 0.25) is 0 Å². The van der Waals surface area contributed by atoms with Gasteiger partial charge in [0.25, 0.3) is 5.91 Å². The number of aryl methyl sites for hydroxylation is 1. The van der Waals surface area contributed by atoms with Gasteiger partial charge in [0.2, 0.25) is 5.91 Å².